The second-order valence-corrected chi connectivity index (χ2v) is 10.8. The van der Waals surface area contributed by atoms with E-state index in [1.165, 1.54) is 5.56 Å². The number of amides is 1. The number of para-hydroxylation sites is 1. The van der Waals surface area contributed by atoms with E-state index in [9.17, 15) is 4.79 Å². The molecule has 1 heterocycles. The van der Waals surface area contributed by atoms with Crippen molar-refractivity contribution in [1.82, 2.24) is 10.2 Å². The molecule has 5 rings (SSSR count). The molecule has 1 aliphatic carbocycles. The zero-order valence-electron chi connectivity index (χ0n) is 22.2. The Hall–Kier alpha value is -3.37. The highest BCUT2D eigenvalue weighted by Crippen LogP contribution is 2.38. The molecule has 1 fully saturated rings. The Morgan fingerprint density at radius 2 is 1.62 bits per heavy atom. The first-order valence-corrected chi connectivity index (χ1v) is 13.5. The lowest BCUT2D eigenvalue weighted by molar-refractivity contribution is -0.123. The van der Waals surface area contributed by atoms with Crippen LogP contribution < -0.4 is 5.32 Å². The topological polar surface area (TPSA) is 45.5 Å². The summed E-state index contributed by atoms with van der Waals surface area (Å²) in [6.07, 6.45) is 8.28. The van der Waals surface area contributed by atoms with Crippen LogP contribution in [0.25, 0.3) is 22.1 Å². The number of nitrogens with one attached hydrogen (secondary N) is 1. The van der Waals surface area contributed by atoms with E-state index in [4.69, 9.17) is 4.42 Å². The van der Waals surface area contributed by atoms with Gasteiger partial charge in [0.1, 0.15) is 5.58 Å². The molecular weight excluding hydrogens is 456 g/mol. The molecule has 1 aliphatic rings. The summed E-state index contributed by atoms with van der Waals surface area (Å²) in [5.74, 6) is -0.143. The second-order valence-electron chi connectivity index (χ2n) is 10.8. The molecule has 1 N–H and O–H groups in total. The van der Waals surface area contributed by atoms with E-state index in [0.717, 1.165) is 66.2 Å². The van der Waals surface area contributed by atoms with Gasteiger partial charge in [0, 0.05) is 22.5 Å². The summed E-state index contributed by atoms with van der Waals surface area (Å²) >= 11 is 0. The fourth-order valence-corrected chi connectivity index (χ4v) is 6.02. The lowest BCUT2D eigenvalue weighted by atomic mass is 9.75. The van der Waals surface area contributed by atoms with Gasteiger partial charge < -0.3 is 14.6 Å². The highest BCUT2D eigenvalue weighted by atomic mass is 16.3. The summed E-state index contributed by atoms with van der Waals surface area (Å²) < 4.78 is 5.80. The van der Waals surface area contributed by atoms with Gasteiger partial charge in [-0.2, -0.15) is 0 Å². The molecule has 0 spiro atoms. The fourth-order valence-electron chi connectivity index (χ4n) is 6.02. The smallest absolute Gasteiger partial charge is 0.227 e. The minimum Gasteiger partial charge on any atom is -0.464 e. The number of rotatable bonds is 8. The number of carbonyl (C=O) groups excluding carboxylic acids is 1. The largest absolute Gasteiger partial charge is 0.464 e. The second kappa shape index (κ2) is 10.9. The Morgan fingerprint density at radius 1 is 0.946 bits per heavy atom. The molecule has 4 nitrogen and oxygen atoms in total. The van der Waals surface area contributed by atoms with E-state index >= 15 is 0 Å². The van der Waals surface area contributed by atoms with E-state index < -0.39 is 0 Å². The van der Waals surface area contributed by atoms with Gasteiger partial charge in [0.2, 0.25) is 5.91 Å². The summed E-state index contributed by atoms with van der Waals surface area (Å²) in [4.78, 5) is 15.9. The maximum Gasteiger partial charge on any atom is 0.227 e. The van der Waals surface area contributed by atoms with Crippen LogP contribution in [-0.4, -0.2) is 36.5 Å². The zero-order valence-corrected chi connectivity index (χ0v) is 22.2. The van der Waals surface area contributed by atoms with Crippen molar-refractivity contribution in [2.45, 2.75) is 62.9 Å². The fraction of sp³-hybridized carbons (Fsp3) is 0.364. The van der Waals surface area contributed by atoms with Crippen molar-refractivity contribution >= 4 is 16.9 Å². The first-order chi connectivity index (χ1) is 18.0. The SMILES string of the molecule is CC(C(=O)NC1CCC(CCc2ccccc2)(N(C)C)CC1)c1ccccc1-c1coc2ccccc12. The van der Waals surface area contributed by atoms with Crippen LogP contribution in [0.1, 0.15) is 56.1 Å². The third kappa shape index (κ3) is 5.35. The monoisotopic (exact) mass is 494 g/mol. The molecule has 192 valence electrons. The van der Waals surface area contributed by atoms with Crippen LogP contribution in [0.15, 0.2) is 89.5 Å². The van der Waals surface area contributed by atoms with Crippen molar-refractivity contribution in [2.75, 3.05) is 14.1 Å². The van der Waals surface area contributed by atoms with E-state index in [1.54, 1.807) is 0 Å². The standard InChI is InChI=1S/C33H38N2O2/c1-24(27-13-7-8-14-28(27)30-23-37-31-16-10-9-15-29(30)31)32(36)34-26-18-21-33(22-19-26,35(2)3)20-17-25-11-5-4-6-12-25/h4-16,23-24,26H,17-22H2,1-3H3,(H,34,36). The molecule has 0 saturated heterocycles. The Balaban J connectivity index is 1.25. The first-order valence-electron chi connectivity index (χ1n) is 13.5. The van der Waals surface area contributed by atoms with Gasteiger partial charge in [-0.3, -0.25) is 4.79 Å². The quantitative estimate of drug-likeness (QED) is 0.282. The number of aryl methyl sites for hydroxylation is 1. The van der Waals surface area contributed by atoms with Gasteiger partial charge >= 0.3 is 0 Å². The van der Waals surface area contributed by atoms with Crippen LogP contribution in [0, 0.1) is 0 Å². The van der Waals surface area contributed by atoms with Crippen LogP contribution in [0.5, 0.6) is 0 Å². The van der Waals surface area contributed by atoms with Gasteiger partial charge in [0.05, 0.1) is 12.2 Å². The molecule has 4 aromatic rings. The van der Waals surface area contributed by atoms with Crippen LogP contribution in [0.2, 0.25) is 0 Å². The first kappa shape index (κ1) is 25.3. The molecule has 0 bridgehead atoms. The average molecular weight is 495 g/mol. The number of fused-ring (bicyclic) bond motifs is 1. The molecule has 1 aromatic heterocycles. The zero-order chi connectivity index (χ0) is 25.8. The number of furan rings is 1. The molecule has 0 radical (unpaired) electrons. The summed E-state index contributed by atoms with van der Waals surface area (Å²) in [6, 6.07) is 27.3. The molecule has 3 aromatic carbocycles. The van der Waals surface area contributed by atoms with Gasteiger partial charge in [-0.1, -0.05) is 72.8 Å². The van der Waals surface area contributed by atoms with Crippen molar-refractivity contribution in [3.8, 4) is 11.1 Å². The van der Waals surface area contributed by atoms with E-state index in [2.05, 4.69) is 72.8 Å². The third-order valence-electron chi connectivity index (χ3n) is 8.52. The molecule has 1 saturated carbocycles. The average Bonchev–Trinajstić information content (AvgIpc) is 3.37. The normalized spacial score (nSPS) is 20.7. The maximum absolute atomic E-state index is 13.5. The third-order valence-corrected chi connectivity index (χ3v) is 8.52. The predicted molar refractivity (Wildman–Crippen MR) is 152 cm³/mol. The van der Waals surface area contributed by atoms with Crippen LogP contribution >= 0.6 is 0 Å². The van der Waals surface area contributed by atoms with E-state index in [-0.39, 0.29) is 23.4 Å². The Bertz CT molecular complexity index is 1330. The molecule has 1 amide bonds. The summed E-state index contributed by atoms with van der Waals surface area (Å²) in [5.41, 5.74) is 5.59. The molecule has 1 atom stereocenters. The van der Waals surface area contributed by atoms with E-state index in [0.29, 0.717) is 0 Å². The number of hydrogen-bond donors (Lipinski definition) is 1. The Kier molecular flexibility index (Phi) is 7.48. The minimum absolute atomic E-state index is 0.104. The Labute approximate surface area is 220 Å². The lowest BCUT2D eigenvalue weighted by Gasteiger charge is -2.45. The van der Waals surface area contributed by atoms with Gasteiger partial charge in [-0.15, -0.1) is 0 Å². The van der Waals surface area contributed by atoms with Gasteiger partial charge in [0.25, 0.3) is 0 Å². The van der Waals surface area contributed by atoms with Gasteiger partial charge in [-0.05, 0) is 82.3 Å². The summed E-state index contributed by atoms with van der Waals surface area (Å²) in [6.45, 7) is 2.02. The van der Waals surface area contributed by atoms with Crippen molar-refractivity contribution in [3.05, 3.63) is 96.3 Å². The number of nitrogens with zero attached hydrogens (tertiary/aromatic N) is 1. The van der Waals surface area contributed by atoms with Crippen molar-refractivity contribution < 1.29 is 9.21 Å². The van der Waals surface area contributed by atoms with Gasteiger partial charge in [-0.25, -0.2) is 0 Å². The van der Waals surface area contributed by atoms with E-state index in [1.807, 2.05) is 43.5 Å². The van der Waals surface area contributed by atoms with Crippen molar-refractivity contribution in [1.29, 1.82) is 0 Å². The number of carbonyl (C=O) groups is 1. The van der Waals surface area contributed by atoms with Crippen LogP contribution in [0.4, 0.5) is 0 Å². The summed E-state index contributed by atoms with van der Waals surface area (Å²) in [7, 11) is 4.42. The minimum atomic E-state index is -0.247. The Morgan fingerprint density at radius 3 is 2.38 bits per heavy atom. The molecule has 37 heavy (non-hydrogen) atoms. The number of benzene rings is 3. The lowest BCUT2D eigenvalue weighted by Crippen LogP contribution is -2.51. The summed E-state index contributed by atoms with van der Waals surface area (Å²) in [5, 5.41) is 4.47. The van der Waals surface area contributed by atoms with Crippen molar-refractivity contribution in [2.24, 2.45) is 0 Å². The maximum atomic E-state index is 13.5. The molecule has 4 heteroatoms. The van der Waals surface area contributed by atoms with Crippen LogP contribution in [0.3, 0.4) is 0 Å². The predicted octanol–water partition coefficient (Wildman–Crippen LogP) is 7.20. The van der Waals surface area contributed by atoms with Crippen LogP contribution in [-0.2, 0) is 11.2 Å². The van der Waals surface area contributed by atoms with Gasteiger partial charge in [0.15, 0.2) is 0 Å². The number of hydrogen-bond acceptors (Lipinski definition) is 3. The molecule has 0 aliphatic heterocycles. The molecule has 1 unspecified atom stereocenters. The van der Waals surface area contributed by atoms with Crippen molar-refractivity contribution in [3.63, 3.8) is 0 Å². The highest BCUT2D eigenvalue weighted by molar-refractivity contribution is 5.96. The highest BCUT2D eigenvalue weighted by Gasteiger charge is 2.37. The molecular formula is C33H38N2O2.